The second-order valence-electron chi connectivity index (χ2n) is 5.17. The largest absolute Gasteiger partial charge is 0.497 e. The highest BCUT2D eigenvalue weighted by Gasteiger charge is 2.11. The van der Waals surface area contributed by atoms with Gasteiger partial charge in [-0.15, -0.1) is 0 Å². The molecule has 6 heteroatoms. The van der Waals surface area contributed by atoms with Crippen molar-refractivity contribution in [1.82, 2.24) is 10.2 Å². The molecule has 1 aromatic heterocycles. The van der Waals surface area contributed by atoms with Crippen molar-refractivity contribution in [2.24, 2.45) is 0 Å². The van der Waals surface area contributed by atoms with E-state index in [0.29, 0.717) is 23.8 Å². The fraction of sp³-hybridized carbons (Fsp3) is 0.167. The average molecular weight is 325 g/mol. The minimum absolute atomic E-state index is 0.347. The van der Waals surface area contributed by atoms with Gasteiger partial charge in [-0.25, -0.2) is 0 Å². The van der Waals surface area contributed by atoms with Gasteiger partial charge in [-0.2, -0.15) is 5.10 Å². The van der Waals surface area contributed by atoms with Gasteiger partial charge in [-0.3, -0.25) is 5.10 Å². The first kappa shape index (κ1) is 15.7. The van der Waals surface area contributed by atoms with Crippen LogP contribution in [0.1, 0.15) is 5.69 Å². The summed E-state index contributed by atoms with van der Waals surface area (Å²) in [5.74, 6) is 2.07. The molecule has 0 saturated heterocycles. The van der Waals surface area contributed by atoms with Crippen molar-refractivity contribution < 1.29 is 14.2 Å². The topological polar surface area (TPSA) is 82.4 Å². The zero-order valence-electron chi connectivity index (χ0n) is 13.6. The third-order valence-electron chi connectivity index (χ3n) is 3.62. The quantitative estimate of drug-likeness (QED) is 0.680. The standard InChI is InChI=1S/C18H19N3O3/c1-22-13-7-8-14(18(10-13)23-2)16-9-12(20-21-16)11-24-17-6-4-3-5-15(17)19/h3-10H,11,19H2,1-2H3,(H,20,21). The monoisotopic (exact) mass is 325 g/mol. The molecule has 6 nitrogen and oxygen atoms in total. The number of aromatic amines is 1. The van der Waals surface area contributed by atoms with Crippen molar-refractivity contribution in [3.63, 3.8) is 0 Å². The Morgan fingerprint density at radius 2 is 1.83 bits per heavy atom. The fourth-order valence-corrected chi connectivity index (χ4v) is 2.35. The van der Waals surface area contributed by atoms with Gasteiger partial charge in [0, 0.05) is 11.6 Å². The first-order chi connectivity index (χ1) is 11.7. The van der Waals surface area contributed by atoms with E-state index in [1.165, 1.54) is 0 Å². The number of anilines is 1. The average Bonchev–Trinajstić information content (AvgIpc) is 3.09. The summed E-state index contributed by atoms with van der Waals surface area (Å²) < 4.78 is 16.3. The summed E-state index contributed by atoms with van der Waals surface area (Å²) in [6, 6.07) is 14.9. The molecule has 0 spiro atoms. The van der Waals surface area contributed by atoms with Crippen LogP contribution in [0.25, 0.3) is 11.3 Å². The molecule has 1 heterocycles. The molecule has 0 saturated carbocycles. The number of nitrogens with one attached hydrogen (secondary N) is 1. The number of hydrogen-bond donors (Lipinski definition) is 2. The van der Waals surface area contributed by atoms with E-state index >= 15 is 0 Å². The van der Waals surface area contributed by atoms with Crippen LogP contribution in [0, 0.1) is 0 Å². The van der Waals surface area contributed by atoms with E-state index in [1.807, 2.05) is 42.5 Å². The van der Waals surface area contributed by atoms with Gasteiger partial charge >= 0.3 is 0 Å². The van der Waals surface area contributed by atoms with Crippen LogP contribution in [0.3, 0.4) is 0 Å². The number of nitrogens with zero attached hydrogens (tertiary/aromatic N) is 1. The Bertz CT molecular complexity index is 830. The Hall–Kier alpha value is -3.15. The van der Waals surface area contributed by atoms with Crippen LogP contribution in [0.15, 0.2) is 48.5 Å². The van der Waals surface area contributed by atoms with Gasteiger partial charge in [0.1, 0.15) is 23.9 Å². The molecule has 24 heavy (non-hydrogen) atoms. The Labute approximate surface area is 140 Å². The molecule has 124 valence electrons. The van der Waals surface area contributed by atoms with E-state index in [1.54, 1.807) is 20.3 Å². The Balaban J connectivity index is 1.77. The van der Waals surface area contributed by atoms with Crippen molar-refractivity contribution >= 4 is 5.69 Å². The molecule has 0 fully saturated rings. The molecule has 0 aliphatic carbocycles. The van der Waals surface area contributed by atoms with Crippen LogP contribution in [-0.4, -0.2) is 24.4 Å². The van der Waals surface area contributed by atoms with Crippen molar-refractivity contribution in [1.29, 1.82) is 0 Å². The lowest BCUT2D eigenvalue weighted by Crippen LogP contribution is -1.98. The Morgan fingerprint density at radius 1 is 1.00 bits per heavy atom. The van der Waals surface area contributed by atoms with E-state index in [4.69, 9.17) is 19.9 Å². The molecule has 0 atom stereocenters. The molecule has 0 bridgehead atoms. The number of rotatable bonds is 6. The molecule has 3 aromatic rings. The first-order valence-electron chi connectivity index (χ1n) is 7.45. The lowest BCUT2D eigenvalue weighted by Gasteiger charge is -2.08. The predicted octanol–water partition coefficient (Wildman–Crippen LogP) is 3.26. The molecular weight excluding hydrogens is 306 g/mol. The number of benzene rings is 2. The first-order valence-corrected chi connectivity index (χ1v) is 7.45. The lowest BCUT2D eigenvalue weighted by atomic mass is 10.1. The number of methoxy groups -OCH3 is 2. The minimum atomic E-state index is 0.347. The summed E-state index contributed by atoms with van der Waals surface area (Å²) in [4.78, 5) is 0. The third kappa shape index (κ3) is 3.27. The van der Waals surface area contributed by atoms with Crippen LogP contribution in [0.2, 0.25) is 0 Å². The maximum absolute atomic E-state index is 5.87. The van der Waals surface area contributed by atoms with Crippen LogP contribution in [0.5, 0.6) is 17.2 Å². The smallest absolute Gasteiger partial charge is 0.142 e. The maximum atomic E-state index is 5.87. The van der Waals surface area contributed by atoms with Crippen LogP contribution in [0.4, 0.5) is 5.69 Å². The second-order valence-corrected chi connectivity index (χ2v) is 5.17. The summed E-state index contributed by atoms with van der Waals surface area (Å²) in [5, 5.41) is 7.30. The fourth-order valence-electron chi connectivity index (χ4n) is 2.35. The number of para-hydroxylation sites is 2. The van der Waals surface area contributed by atoms with Gasteiger partial charge in [-0.1, -0.05) is 12.1 Å². The number of hydrogen-bond acceptors (Lipinski definition) is 5. The van der Waals surface area contributed by atoms with Gasteiger partial charge in [0.05, 0.1) is 31.3 Å². The molecule has 0 amide bonds. The summed E-state index contributed by atoms with van der Waals surface area (Å²) in [5.41, 5.74) is 8.96. The number of H-pyrrole nitrogens is 1. The summed E-state index contributed by atoms with van der Waals surface area (Å²) in [6.45, 7) is 0.347. The van der Waals surface area contributed by atoms with Gasteiger partial charge in [-0.05, 0) is 30.3 Å². The molecule has 3 rings (SSSR count). The van der Waals surface area contributed by atoms with Crippen molar-refractivity contribution in [3.8, 4) is 28.5 Å². The lowest BCUT2D eigenvalue weighted by molar-refractivity contribution is 0.303. The van der Waals surface area contributed by atoms with Crippen molar-refractivity contribution in [2.75, 3.05) is 20.0 Å². The highest BCUT2D eigenvalue weighted by atomic mass is 16.5. The Morgan fingerprint density at radius 3 is 2.58 bits per heavy atom. The molecule has 2 aromatic carbocycles. The van der Waals surface area contributed by atoms with Gasteiger partial charge in [0.15, 0.2) is 0 Å². The molecule has 0 unspecified atom stereocenters. The number of nitrogens with two attached hydrogens (primary N) is 1. The minimum Gasteiger partial charge on any atom is -0.497 e. The SMILES string of the molecule is COc1ccc(-c2cc(COc3ccccc3N)[nH]n2)c(OC)c1. The van der Waals surface area contributed by atoms with Gasteiger partial charge in [0.25, 0.3) is 0 Å². The van der Waals surface area contributed by atoms with E-state index in [-0.39, 0.29) is 0 Å². The number of nitrogen functional groups attached to an aromatic ring is 1. The van der Waals surface area contributed by atoms with Crippen molar-refractivity contribution in [3.05, 3.63) is 54.2 Å². The summed E-state index contributed by atoms with van der Waals surface area (Å²) in [7, 11) is 3.24. The van der Waals surface area contributed by atoms with Crippen LogP contribution >= 0.6 is 0 Å². The highest BCUT2D eigenvalue weighted by Crippen LogP contribution is 2.32. The highest BCUT2D eigenvalue weighted by molar-refractivity contribution is 5.68. The van der Waals surface area contributed by atoms with Gasteiger partial charge in [0.2, 0.25) is 0 Å². The molecule has 0 aliphatic heterocycles. The normalized spacial score (nSPS) is 10.4. The van der Waals surface area contributed by atoms with E-state index in [0.717, 1.165) is 22.7 Å². The van der Waals surface area contributed by atoms with E-state index in [2.05, 4.69) is 10.2 Å². The Kier molecular flexibility index (Phi) is 4.56. The van der Waals surface area contributed by atoms with Crippen LogP contribution < -0.4 is 19.9 Å². The predicted molar refractivity (Wildman–Crippen MR) is 92.3 cm³/mol. The van der Waals surface area contributed by atoms with E-state index < -0.39 is 0 Å². The second kappa shape index (κ2) is 6.95. The summed E-state index contributed by atoms with van der Waals surface area (Å²) in [6.07, 6.45) is 0. The van der Waals surface area contributed by atoms with Crippen molar-refractivity contribution in [2.45, 2.75) is 6.61 Å². The van der Waals surface area contributed by atoms with Gasteiger partial charge < -0.3 is 19.9 Å². The van der Waals surface area contributed by atoms with E-state index in [9.17, 15) is 0 Å². The molecule has 0 aliphatic rings. The zero-order chi connectivity index (χ0) is 16.9. The number of ether oxygens (including phenoxy) is 3. The molecular formula is C18H19N3O3. The molecule has 3 N–H and O–H groups in total. The number of aromatic nitrogens is 2. The summed E-state index contributed by atoms with van der Waals surface area (Å²) >= 11 is 0. The maximum Gasteiger partial charge on any atom is 0.142 e. The molecule has 0 radical (unpaired) electrons. The zero-order valence-corrected chi connectivity index (χ0v) is 13.6. The third-order valence-corrected chi connectivity index (χ3v) is 3.62. The van der Waals surface area contributed by atoms with Crippen LogP contribution in [-0.2, 0) is 6.61 Å².